The van der Waals surface area contributed by atoms with E-state index in [2.05, 4.69) is 4.98 Å². The molecule has 0 bridgehead atoms. The van der Waals surface area contributed by atoms with Crippen LogP contribution in [0.1, 0.15) is 22.5 Å². The Morgan fingerprint density at radius 2 is 2.22 bits per heavy atom. The molecule has 0 radical (unpaired) electrons. The van der Waals surface area contributed by atoms with Crippen molar-refractivity contribution in [3.05, 3.63) is 29.6 Å². The van der Waals surface area contributed by atoms with Crippen molar-refractivity contribution in [2.75, 3.05) is 6.54 Å². The molecular weight excluding hydrogens is 236 g/mol. The molecule has 1 saturated heterocycles. The predicted molar refractivity (Wildman–Crippen MR) is 62.1 cm³/mol. The molecule has 2 N–H and O–H groups in total. The van der Waals surface area contributed by atoms with E-state index in [1.807, 2.05) is 0 Å². The molecule has 0 saturated carbocycles. The summed E-state index contributed by atoms with van der Waals surface area (Å²) in [7, 11) is 0. The number of hydrogen-bond donors (Lipinski definition) is 2. The fraction of sp³-hybridized carbons (Fsp3) is 0.417. The SMILES string of the molecule is Cc1cccnc1C(=O)N1CC(O)C[C@H]1C(=O)O. The molecule has 1 amide bonds. The Balaban J connectivity index is 2.28. The summed E-state index contributed by atoms with van der Waals surface area (Å²) in [5, 5.41) is 18.5. The summed E-state index contributed by atoms with van der Waals surface area (Å²) in [5.74, 6) is -1.55. The van der Waals surface area contributed by atoms with Gasteiger partial charge in [-0.1, -0.05) is 6.07 Å². The molecule has 1 aliphatic heterocycles. The van der Waals surface area contributed by atoms with Gasteiger partial charge in [-0.15, -0.1) is 0 Å². The van der Waals surface area contributed by atoms with Crippen LogP contribution in [0, 0.1) is 6.92 Å². The lowest BCUT2D eigenvalue weighted by atomic mass is 10.1. The van der Waals surface area contributed by atoms with E-state index in [9.17, 15) is 14.7 Å². The number of aliphatic hydroxyl groups excluding tert-OH is 1. The van der Waals surface area contributed by atoms with E-state index in [4.69, 9.17) is 5.11 Å². The Morgan fingerprint density at radius 1 is 1.50 bits per heavy atom. The van der Waals surface area contributed by atoms with Crippen molar-refractivity contribution >= 4 is 11.9 Å². The number of rotatable bonds is 2. The van der Waals surface area contributed by atoms with Crippen LogP contribution in [0.25, 0.3) is 0 Å². The smallest absolute Gasteiger partial charge is 0.326 e. The average Bonchev–Trinajstić information content (AvgIpc) is 2.71. The maximum absolute atomic E-state index is 12.2. The van der Waals surface area contributed by atoms with Crippen molar-refractivity contribution in [2.45, 2.75) is 25.5 Å². The molecule has 1 unspecified atom stereocenters. The minimum absolute atomic E-state index is 0.0335. The van der Waals surface area contributed by atoms with E-state index in [1.165, 1.54) is 11.1 Å². The minimum atomic E-state index is -1.10. The van der Waals surface area contributed by atoms with Gasteiger partial charge in [-0.25, -0.2) is 4.79 Å². The van der Waals surface area contributed by atoms with Gasteiger partial charge in [0.2, 0.25) is 0 Å². The van der Waals surface area contributed by atoms with Crippen LogP contribution < -0.4 is 0 Å². The van der Waals surface area contributed by atoms with Crippen LogP contribution in [-0.4, -0.2) is 50.7 Å². The summed E-state index contributed by atoms with van der Waals surface area (Å²) < 4.78 is 0. The number of pyridine rings is 1. The predicted octanol–water partition coefficient (Wildman–Crippen LogP) is 0.0500. The van der Waals surface area contributed by atoms with Crippen LogP contribution in [0.3, 0.4) is 0 Å². The van der Waals surface area contributed by atoms with E-state index in [0.29, 0.717) is 5.56 Å². The number of aliphatic hydroxyl groups is 1. The van der Waals surface area contributed by atoms with Crippen molar-refractivity contribution in [1.82, 2.24) is 9.88 Å². The first-order valence-electron chi connectivity index (χ1n) is 5.64. The molecule has 0 aliphatic carbocycles. The molecule has 6 nitrogen and oxygen atoms in total. The standard InChI is InChI=1S/C12H14N2O4/c1-7-3-2-4-13-10(7)11(16)14-6-8(15)5-9(14)12(17)18/h2-4,8-9,15H,5-6H2,1H3,(H,17,18)/t8?,9-/m0/s1. The Kier molecular flexibility index (Phi) is 3.29. The largest absolute Gasteiger partial charge is 0.480 e. The van der Waals surface area contributed by atoms with Crippen LogP contribution in [0.4, 0.5) is 0 Å². The Hall–Kier alpha value is -1.95. The fourth-order valence-corrected chi connectivity index (χ4v) is 2.12. The molecule has 1 aliphatic rings. The molecule has 18 heavy (non-hydrogen) atoms. The average molecular weight is 250 g/mol. The van der Waals surface area contributed by atoms with Gasteiger partial charge in [0.1, 0.15) is 11.7 Å². The summed E-state index contributed by atoms with van der Waals surface area (Å²) in [6, 6.07) is 2.47. The van der Waals surface area contributed by atoms with Crippen LogP contribution in [0.15, 0.2) is 18.3 Å². The zero-order valence-corrected chi connectivity index (χ0v) is 9.91. The zero-order valence-electron chi connectivity index (χ0n) is 9.91. The van der Waals surface area contributed by atoms with Gasteiger partial charge >= 0.3 is 5.97 Å². The number of aliphatic carboxylic acids is 1. The minimum Gasteiger partial charge on any atom is -0.480 e. The van der Waals surface area contributed by atoms with E-state index < -0.39 is 24.0 Å². The highest BCUT2D eigenvalue weighted by Gasteiger charge is 2.39. The first-order valence-corrected chi connectivity index (χ1v) is 5.64. The molecule has 6 heteroatoms. The summed E-state index contributed by atoms with van der Waals surface area (Å²) in [6.45, 7) is 1.77. The van der Waals surface area contributed by atoms with Gasteiger partial charge in [0.05, 0.1) is 6.10 Å². The highest BCUT2D eigenvalue weighted by Crippen LogP contribution is 2.21. The summed E-state index contributed by atoms with van der Waals surface area (Å²) >= 11 is 0. The van der Waals surface area contributed by atoms with Gasteiger partial charge in [0.15, 0.2) is 0 Å². The monoisotopic (exact) mass is 250 g/mol. The topological polar surface area (TPSA) is 90.7 Å². The molecule has 1 aromatic heterocycles. The number of carboxylic acids is 1. The van der Waals surface area contributed by atoms with Crippen molar-refractivity contribution < 1.29 is 19.8 Å². The number of carbonyl (C=O) groups is 2. The molecule has 2 heterocycles. The number of nitrogens with zero attached hydrogens (tertiary/aromatic N) is 2. The van der Waals surface area contributed by atoms with Gasteiger partial charge in [-0.05, 0) is 18.6 Å². The van der Waals surface area contributed by atoms with E-state index in [-0.39, 0.29) is 18.7 Å². The fourth-order valence-electron chi connectivity index (χ4n) is 2.12. The van der Waals surface area contributed by atoms with Gasteiger partial charge < -0.3 is 15.1 Å². The number of β-amino-alcohol motifs (C(OH)–C–C–N with tert-alkyl or cyclic N) is 1. The third-order valence-electron chi connectivity index (χ3n) is 3.04. The molecule has 1 fully saturated rings. The number of aryl methyl sites for hydroxylation is 1. The summed E-state index contributed by atoms with van der Waals surface area (Å²) in [5.41, 5.74) is 0.922. The van der Waals surface area contributed by atoms with Crippen molar-refractivity contribution in [3.63, 3.8) is 0 Å². The lowest BCUT2D eigenvalue weighted by molar-refractivity contribution is -0.141. The number of hydrogen-bond acceptors (Lipinski definition) is 4. The molecule has 96 valence electrons. The van der Waals surface area contributed by atoms with E-state index in [1.54, 1.807) is 19.1 Å². The Labute approximate surface area is 104 Å². The van der Waals surface area contributed by atoms with Crippen molar-refractivity contribution in [3.8, 4) is 0 Å². The summed E-state index contributed by atoms with van der Waals surface area (Å²) in [6.07, 6.45) is 0.759. The van der Waals surface area contributed by atoms with Gasteiger partial charge in [-0.3, -0.25) is 9.78 Å². The highest BCUT2D eigenvalue weighted by atomic mass is 16.4. The first-order chi connectivity index (χ1) is 8.50. The third kappa shape index (κ3) is 2.19. The van der Waals surface area contributed by atoms with Crippen molar-refractivity contribution in [1.29, 1.82) is 0 Å². The third-order valence-corrected chi connectivity index (χ3v) is 3.04. The molecule has 0 spiro atoms. The van der Waals surface area contributed by atoms with E-state index in [0.717, 1.165) is 0 Å². The number of carbonyl (C=O) groups excluding carboxylic acids is 1. The summed E-state index contributed by atoms with van der Waals surface area (Å²) in [4.78, 5) is 28.4. The van der Waals surface area contributed by atoms with Crippen LogP contribution in [-0.2, 0) is 4.79 Å². The number of aromatic nitrogens is 1. The quantitative estimate of drug-likeness (QED) is 0.774. The van der Waals surface area contributed by atoms with Crippen molar-refractivity contribution in [2.24, 2.45) is 0 Å². The maximum atomic E-state index is 12.2. The number of carboxylic acid groups (broad SMARTS) is 1. The highest BCUT2D eigenvalue weighted by molar-refractivity contribution is 5.96. The second kappa shape index (κ2) is 4.73. The normalized spacial score (nSPS) is 23.1. The van der Waals surface area contributed by atoms with Gasteiger partial charge in [0, 0.05) is 19.2 Å². The van der Waals surface area contributed by atoms with Gasteiger partial charge in [-0.2, -0.15) is 0 Å². The van der Waals surface area contributed by atoms with Crippen LogP contribution in [0.5, 0.6) is 0 Å². The Morgan fingerprint density at radius 3 is 2.83 bits per heavy atom. The zero-order chi connectivity index (χ0) is 13.3. The lowest BCUT2D eigenvalue weighted by Crippen LogP contribution is -2.41. The maximum Gasteiger partial charge on any atom is 0.326 e. The number of amides is 1. The number of likely N-dealkylation sites (tertiary alicyclic amines) is 1. The molecular formula is C12H14N2O4. The second-order valence-corrected chi connectivity index (χ2v) is 4.37. The van der Waals surface area contributed by atoms with Crippen LogP contribution in [0.2, 0.25) is 0 Å². The second-order valence-electron chi connectivity index (χ2n) is 4.37. The molecule has 2 rings (SSSR count). The van der Waals surface area contributed by atoms with Crippen LogP contribution >= 0.6 is 0 Å². The molecule has 1 aromatic rings. The first kappa shape index (κ1) is 12.5. The molecule has 2 atom stereocenters. The lowest BCUT2D eigenvalue weighted by Gasteiger charge is -2.21. The van der Waals surface area contributed by atoms with E-state index >= 15 is 0 Å². The Bertz CT molecular complexity index is 489. The van der Waals surface area contributed by atoms with Gasteiger partial charge in [0.25, 0.3) is 5.91 Å². The molecule has 0 aromatic carbocycles.